The molecule has 0 amide bonds. The van der Waals surface area contributed by atoms with Gasteiger partial charge in [0.05, 0.1) is 6.04 Å². The van der Waals surface area contributed by atoms with E-state index in [0.717, 1.165) is 24.0 Å². The van der Waals surface area contributed by atoms with E-state index < -0.39 is 0 Å². The molecule has 2 unspecified atom stereocenters. The van der Waals surface area contributed by atoms with Gasteiger partial charge < -0.3 is 10.2 Å². The van der Waals surface area contributed by atoms with Crippen LogP contribution in [-0.2, 0) is 0 Å². The lowest BCUT2D eigenvalue weighted by Crippen LogP contribution is -2.52. The molecule has 2 atom stereocenters. The number of nitrogens with zero attached hydrogens (tertiary/aromatic N) is 1. The summed E-state index contributed by atoms with van der Waals surface area (Å²) in [5, 5.41) is 3.68. The molecule has 2 aromatic carbocycles. The summed E-state index contributed by atoms with van der Waals surface area (Å²) in [6.07, 6.45) is 1.16. The van der Waals surface area contributed by atoms with Crippen molar-refractivity contribution in [3.05, 3.63) is 64.6 Å². The maximum Gasteiger partial charge on any atom is 0.0667 e. The molecule has 110 valence electrons. The second kappa shape index (κ2) is 6.63. The van der Waals surface area contributed by atoms with Crippen molar-refractivity contribution in [1.29, 1.82) is 0 Å². The fourth-order valence-electron chi connectivity index (χ4n) is 2.98. The van der Waals surface area contributed by atoms with Gasteiger partial charge in [0.25, 0.3) is 0 Å². The third-order valence-electron chi connectivity index (χ3n) is 4.23. The average molecular weight is 345 g/mol. The lowest BCUT2D eigenvalue weighted by molar-refractivity contribution is 0.390. The molecule has 1 fully saturated rings. The molecule has 21 heavy (non-hydrogen) atoms. The molecule has 1 N–H and O–H groups in total. The third kappa shape index (κ3) is 3.30. The highest BCUT2D eigenvalue weighted by atomic mass is 79.9. The van der Waals surface area contributed by atoms with E-state index in [-0.39, 0.29) is 0 Å². The van der Waals surface area contributed by atoms with Crippen LogP contribution in [-0.4, -0.2) is 19.1 Å². The van der Waals surface area contributed by atoms with Gasteiger partial charge in [-0.25, -0.2) is 0 Å². The van der Waals surface area contributed by atoms with Gasteiger partial charge in [-0.2, -0.15) is 0 Å². The Labute approximate surface area is 135 Å². The lowest BCUT2D eigenvalue weighted by atomic mass is 9.99. The van der Waals surface area contributed by atoms with Gasteiger partial charge in [-0.1, -0.05) is 53.2 Å². The van der Waals surface area contributed by atoms with Crippen molar-refractivity contribution in [2.45, 2.75) is 25.4 Å². The smallest absolute Gasteiger partial charge is 0.0667 e. The van der Waals surface area contributed by atoms with Crippen molar-refractivity contribution in [3.63, 3.8) is 0 Å². The first-order chi connectivity index (χ1) is 10.3. The van der Waals surface area contributed by atoms with E-state index in [4.69, 9.17) is 0 Å². The monoisotopic (exact) mass is 344 g/mol. The SMILES string of the molecule is CCC1CN(c2ccc(Br)cc2)C(c2ccccc2)CN1. The fourth-order valence-corrected chi connectivity index (χ4v) is 3.25. The first-order valence-electron chi connectivity index (χ1n) is 7.58. The van der Waals surface area contributed by atoms with Crippen LogP contribution in [0.3, 0.4) is 0 Å². The van der Waals surface area contributed by atoms with E-state index in [0.29, 0.717) is 12.1 Å². The summed E-state index contributed by atoms with van der Waals surface area (Å²) < 4.78 is 1.13. The van der Waals surface area contributed by atoms with Crippen LogP contribution in [0.25, 0.3) is 0 Å². The minimum atomic E-state index is 0.398. The predicted octanol–water partition coefficient (Wildman–Crippen LogP) is 4.38. The molecule has 0 aromatic heterocycles. The number of benzene rings is 2. The van der Waals surface area contributed by atoms with Crippen LogP contribution in [0.1, 0.15) is 24.9 Å². The number of rotatable bonds is 3. The molecule has 0 bridgehead atoms. The van der Waals surface area contributed by atoms with Crippen molar-refractivity contribution in [2.75, 3.05) is 18.0 Å². The summed E-state index contributed by atoms with van der Waals surface area (Å²) in [6, 6.07) is 20.4. The van der Waals surface area contributed by atoms with Gasteiger partial charge in [0, 0.05) is 29.3 Å². The van der Waals surface area contributed by atoms with Gasteiger partial charge in [0.15, 0.2) is 0 Å². The van der Waals surface area contributed by atoms with Gasteiger partial charge >= 0.3 is 0 Å². The second-order valence-corrected chi connectivity index (χ2v) is 6.48. The molecular weight excluding hydrogens is 324 g/mol. The number of hydrogen-bond donors (Lipinski definition) is 1. The van der Waals surface area contributed by atoms with Crippen LogP contribution in [0.4, 0.5) is 5.69 Å². The minimum absolute atomic E-state index is 0.398. The summed E-state index contributed by atoms with van der Waals surface area (Å²) in [5.74, 6) is 0. The van der Waals surface area contributed by atoms with Crippen molar-refractivity contribution in [2.24, 2.45) is 0 Å². The van der Waals surface area contributed by atoms with Crippen LogP contribution in [0.15, 0.2) is 59.1 Å². The van der Waals surface area contributed by atoms with Gasteiger partial charge in [0.1, 0.15) is 0 Å². The topological polar surface area (TPSA) is 15.3 Å². The van der Waals surface area contributed by atoms with Gasteiger partial charge in [-0.05, 0) is 36.2 Å². The molecule has 0 spiro atoms. The zero-order valence-electron chi connectivity index (χ0n) is 12.3. The number of halogens is 1. The highest BCUT2D eigenvalue weighted by molar-refractivity contribution is 9.10. The van der Waals surface area contributed by atoms with E-state index in [1.807, 2.05) is 0 Å². The molecule has 1 aliphatic rings. The predicted molar refractivity (Wildman–Crippen MR) is 92.8 cm³/mol. The largest absolute Gasteiger partial charge is 0.362 e. The Bertz CT molecular complexity index is 568. The van der Waals surface area contributed by atoms with Crippen LogP contribution in [0, 0.1) is 0 Å². The fraction of sp³-hybridized carbons (Fsp3) is 0.333. The first-order valence-corrected chi connectivity index (χ1v) is 8.37. The highest BCUT2D eigenvalue weighted by Gasteiger charge is 2.28. The summed E-state index contributed by atoms with van der Waals surface area (Å²) >= 11 is 3.52. The van der Waals surface area contributed by atoms with E-state index >= 15 is 0 Å². The normalized spacial score (nSPS) is 22.3. The molecule has 2 aromatic rings. The number of piperazine rings is 1. The molecule has 0 radical (unpaired) electrons. The Morgan fingerprint density at radius 2 is 1.81 bits per heavy atom. The Kier molecular flexibility index (Phi) is 4.61. The van der Waals surface area contributed by atoms with Crippen LogP contribution >= 0.6 is 15.9 Å². The minimum Gasteiger partial charge on any atom is -0.362 e. The number of nitrogens with one attached hydrogen (secondary N) is 1. The Balaban J connectivity index is 1.92. The summed E-state index contributed by atoms with van der Waals surface area (Å²) in [6.45, 7) is 4.30. The second-order valence-electron chi connectivity index (χ2n) is 5.57. The van der Waals surface area contributed by atoms with Gasteiger partial charge in [0.2, 0.25) is 0 Å². The standard InChI is InChI=1S/C18H21BrN2/c1-2-16-13-21(17-10-8-15(19)9-11-17)18(12-20-16)14-6-4-3-5-7-14/h3-11,16,18,20H,2,12-13H2,1H3. The average Bonchev–Trinajstić information content (AvgIpc) is 2.56. The summed E-state index contributed by atoms with van der Waals surface area (Å²) in [7, 11) is 0. The molecule has 0 saturated carbocycles. The molecule has 0 aliphatic carbocycles. The van der Waals surface area contributed by atoms with Gasteiger partial charge in [-0.3, -0.25) is 0 Å². The van der Waals surface area contributed by atoms with Crippen molar-refractivity contribution in [3.8, 4) is 0 Å². The maximum atomic E-state index is 3.68. The summed E-state index contributed by atoms with van der Waals surface area (Å²) in [4.78, 5) is 2.53. The number of hydrogen-bond acceptors (Lipinski definition) is 2. The van der Waals surface area contributed by atoms with Crippen LogP contribution in [0.5, 0.6) is 0 Å². The van der Waals surface area contributed by atoms with E-state index in [1.165, 1.54) is 11.3 Å². The lowest BCUT2D eigenvalue weighted by Gasteiger charge is -2.42. The summed E-state index contributed by atoms with van der Waals surface area (Å²) in [5.41, 5.74) is 2.68. The first kappa shape index (κ1) is 14.6. The van der Waals surface area contributed by atoms with E-state index in [1.54, 1.807) is 0 Å². The van der Waals surface area contributed by atoms with E-state index in [9.17, 15) is 0 Å². The molecular formula is C18H21BrN2. The van der Waals surface area contributed by atoms with E-state index in [2.05, 4.69) is 87.7 Å². The zero-order valence-corrected chi connectivity index (χ0v) is 13.9. The maximum absolute atomic E-state index is 3.68. The van der Waals surface area contributed by atoms with Crippen molar-refractivity contribution in [1.82, 2.24) is 5.32 Å². The Morgan fingerprint density at radius 1 is 1.10 bits per heavy atom. The highest BCUT2D eigenvalue weighted by Crippen LogP contribution is 2.30. The Morgan fingerprint density at radius 3 is 2.48 bits per heavy atom. The molecule has 1 saturated heterocycles. The quantitative estimate of drug-likeness (QED) is 0.888. The van der Waals surface area contributed by atoms with Crippen LogP contribution < -0.4 is 10.2 Å². The molecule has 1 aliphatic heterocycles. The third-order valence-corrected chi connectivity index (χ3v) is 4.76. The van der Waals surface area contributed by atoms with Gasteiger partial charge in [-0.15, -0.1) is 0 Å². The van der Waals surface area contributed by atoms with Crippen LogP contribution in [0.2, 0.25) is 0 Å². The van der Waals surface area contributed by atoms with Crippen molar-refractivity contribution < 1.29 is 0 Å². The number of anilines is 1. The zero-order chi connectivity index (χ0) is 14.7. The molecule has 3 heteroatoms. The molecule has 2 nitrogen and oxygen atoms in total. The van der Waals surface area contributed by atoms with Crippen molar-refractivity contribution >= 4 is 21.6 Å². The molecule has 3 rings (SSSR count). The molecule has 1 heterocycles. The Hall–Kier alpha value is -1.32.